The van der Waals surface area contributed by atoms with Crippen LogP contribution >= 0.6 is 0 Å². The van der Waals surface area contributed by atoms with E-state index in [9.17, 15) is 14.7 Å². The van der Waals surface area contributed by atoms with Crippen molar-refractivity contribution in [2.24, 2.45) is 0 Å². The lowest BCUT2D eigenvalue weighted by Gasteiger charge is -2.26. The predicted octanol–water partition coefficient (Wildman–Crippen LogP) is 3.42. The van der Waals surface area contributed by atoms with Crippen LogP contribution in [0, 0.1) is 0 Å². The molecule has 0 spiro atoms. The number of H-pyrrole nitrogens is 1. The Kier molecular flexibility index (Phi) is 4.08. The number of rotatable bonds is 3. The highest BCUT2D eigenvalue weighted by molar-refractivity contribution is 5.87. The zero-order valence-corrected chi connectivity index (χ0v) is 15.6. The largest absolute Gasteiger partial charge is 0.476 e. The van der Waals surface area contributed by atoms with Gasteiger partial charge in [-0.15, -0.1) is 0 Å². The smallest absolute Gasteiger partial charge is 0.410 e. The number of carbonyl (C=O) groups is 2. The van der Waals surface area contributed by atoms with E-state index in [1.807, 2.05) is 24.3 Å². The molecule has 0 unspecified atom stereocenters. The van der Waals surface area contributed by atoms with Crippen molar-refractivity contribution in [1.82, 2.24) is 15.1 Å². The Hall–Kier alpha value is -3.61. The van der Waals surface area contributed by atoms with Gasteiger partial charge in [0.1, 0.15) is 6.61 Å². The van der Waals surface area contributed by atoms with Crippen LogP contribution in [0.15, 0.2) is 48.5 Å². The Morgan fingerprint density at radius 3 is 2.41 bits per heavy atom. The van der Waals surface area contributed by atoms with E-state index < -0.39 is 12.1 Å². The molecule has 0 saturated carbocycles. The van der Waals surface area contributed by atoms with E-state index >= 15 is 0 Å². The molecule has 146 valence electrons. The maximum atomic E-state index is 12.7. The average molecular weight is 389 g/mol. The zero-order valence-electron chi connectivity index (χ0n) is 15.6. The van der Waals surface area contributed by atoms with Crippen LogP contribution in [-0.2, 0) is 17.7 Å². The van der Waals surface area contributed by atoms with E-state index in [1.54, 1.807) is 4.90 Å². The minimum Gasteiger partial charge on any atom is -0.476 e. The third kappa shape index (κ3) is 2.86. The third-order valence-corrected chi connectivity index (χ3v) is 5.73. The number of nitrogens with zero attached hydrogens (tertiary/aromatic N) is 2. The molecule has 2 aliphatic rings. The minimum atomic E-state index is -1.06. The molecule has 5 rings (SSSR count). The Bertz CT molecular complexity index is 1080. The van der Waals surface area contributed by atoms with E-state index in [0.717, 1.165) is 0 Å². The van der Waals surface area contributed by atoms with E-state index in [4.69, 9.17) is 4.74 Å². The number of fused-ring (bicyclic) bond motifs is 4. The number of aromatic carboxylic acids is 1. The van der Waals surface area contributed by atoms with Gasteiger partial charge >= 0.3 is 12.1 Å². The summed E-state index contributed by atoms with van der Waals surface area (Å²) in [6, 6.07) is 16.4. The summed E-state index contributed by atoms with van der Waals surface area (Å²) in [5.74, 6) is -1.05. The van der Waals surface area contributed by atoms with Crippen molar-refractivity contribution in [3.63, 3.8) is 0 Å². The third-order valence-electron chi connectivity index (χ3n) is 5.73. The van der Waals surface area contributed by atoms with Crippen LogP contribution in [0.4, 0.5) is 4.79 Å². The number of ether oxygens (including phenoxy) is 1. The maximum absolute atomic E-state index is 12.7. The van der Waals surface area contributed by atoms with E-state index in [1.165, 1.54) is 22.3 Å². The molecule has 0 fully saturated rings. The molecule has 0 radical (unpaired) electrons. The average Bonchev–Trinajstić information content (AvgIpc) is 3.31. The second-order valence-corrected chi connectivity index (χ2v) is 7.31. The van der Waals surface area contributed by atoms with Crippen LogP contribution in [0.25, 0.3) is 11.1 Å². The Balaban J connectivity index is 1.31. The summed E-state index contributed by atoms with van der Waals surface area (Å²) in [5.41, 5.74) is 6.06. The lowest BCUT2D eigenvalue weighted by molar-refractivity contribution is 0.0689. The SMILES string of the molecule is O=C(O)c1n[nH]c2c1CCN(C(=O)OCC1c3ccccc3-c3ccccc31)C2. The number of benzene rings is 2. The fourth-order valence-electron chi connectivity index (χ4n) is 4.34. The van der Waals surface area contributed by atoms with Gasteiger partial charge < -0.3 is 14.7 Å². The number of hydrogen-bond acceptors (Lipinski definition) is 4. The summed E-state index contributed by atoms with van der Waals surface area (Å²) >= 11 is 0. The number of carbonyl (C=O) groups excluding carboxylic acids is 1. The monoisotopic (exact) mass is 389 g/mol. The number of nitrogens with one attached hydrogen (secondary N) is 1. The molecule has 0 saturated heterocycles. The summed E-state index contributed by atoms with van der Waals surface area (Å²) in [4.78, 5) is 25.5. The molecule has 1 aliphatic heterocycles. The molecular weight excluding hydrogens is 370 g/mol. The van der Waals surface area contributed by atoms with Crippen LogP contribution in [0.5, 0.6) is 0 Å². The van der Waals surface area contributed by atoms with Gasteiger partial charge in [0.05, 0.1) is 12.2 Å². The van der Waals surface area contributed by atoms with Crippen LogP contribution < -0.4 is 0 Å². The normalized spacial score (nSPS) is 14.8. The van der Waals surface area contributed by atoms with E-state index in [0.29, 0.717) is 24.2 Å². The van der Waals surface area contributed by atoms with Gasteiger partial charge in [0, 0.05) is 18.0 Å². The van der Waals surface area contributed by atoms with Crippen molar-refractivity contribution in [3.05, 3.63) is 76.6 Å². The minimum absolute atomic E-state index is 0.0115. The van der Waals surface area contributed by atoms with Crippen molar-refractivity contribution >= 4 is 12.1 Å². The van der Waals surface area contributed by atoms with Crippen LogP contribution in [-0.4, -0.2) is 45.4 Å². The number of aromatic nitrogens is 2. The van der Waals surface area contributed by atoms with Gasteiger partial charge in [0.15, 0.2) is 5.69 Å². The molecule has 0 bridgehead atoms. The number of carboxylic acids is 1. The zero-order chi connectivity index (χ0) is 20.0. The van der Waals surface area contributed by atoms with Crippen LogP contribution in [0.1, 0.15) is 38.8 Å². The van der Waals surface area contributed by atoms with Gasteiger partial charge in [-0.3, -0.25) is 5.10 Å². The predicted molar refractivity (Wildman–Crippen MR) is 105 cm³/mol. The highest BCUT2D eigenvalue weighted by Crippen LogP contribution is 2.44. The Labute approximate surface area is 166 Å². The Morgan fingerprint density at radius 2 is 1.76 bits per heavy atom. The maximum Gasteiger partial charge on any atom is 0.410 e. The number of aromatic amines is 1. The van der Waals surface area contributed by atoms with Crippen molar-refractivity contribution in [1.29, 1.82) is 0 Å². The molecule has 0 atom stereocenters. The lowest BCUT2D eigenvalue weighted by atomic mass is 9.98. The number of amides is 1. The number of hydrogen-bond donors (Lipinski definition) is 2. The molecule has 29 heavy (non-hydrogen) atoms. The van der Waals surface area contributed by atoms with Crippen molar-refractivity contribution in [3.8, 4) is 11.1 Å². The van der Waals surface area contributed by atoms with Crippen LogP contribution in [0.2, 0.25) is 0 Å². The molecular formula is C22H19N3O4. The van der Waals surface area contributed by atoms with Gasteiger partial charge in [-0.2, -0.15) is 5.10 Å². The molecule has 1 aromatic heterocycles. The summed E-state index contributed by atoms with van der Waals surface area (Å²) < 4.78 is 5.68. The quantitative estimate of drug-likeness (QED) is 0.716. The van der Waals surface area contributed by atoms with Gasteiger partial charge in [-0.05, 0) is 28.7 Å². The summed E-state index contributed by atoms with van der Waals surface area (Å²) in [7, 11) is 0. The molecule has 2 N–H and O–H groups in total. The highest BCUT2D eigenvalue weighted by atomic mass is 16.6. The molecule has 7 heteroatoms. The van der Waals surface area contributed by atoms with Gasteiger partial charge in [-0.1, -0.05) is 48.5 Å². The van der Waals surface area contributed by atoms with Gasteiger partial charge in [-0.25, -0.2) is 9.59 Å². The topological polar surface area (TPSA) is 95.5 Å². The Morgan fingerprint density at radius 1 is 1.10 bits per heavy atom. The molecule has 1 amide bonds. The summed E-state index contributed by atoms with van der Waals surface area (Å²) in [5, 5.41) is 15.8. The molecule has 2 aromatic carbocycles. The van der Waals surface area contributed by atoms with E-state index in [-0.39, 0.29) is 24.8 Å². The molecule has 7 nitrogen and oxygen atoms in total. The molecule has 3 aromatic rings. The first-order valence-electron chi connectivity index (χ1n) is 9.53. The first-order chi connectivity index (χ1) is 14.1. The first kappa shape index (κ1) is 17.5. The summed E-state index contributed by atoms with van der Waals surface area (Å²) in [6.45, 7) is 0.940. The van der Waals surface area contributed by atoms with Crippen molar-refractivity contribution < 1.29 is 19.4 Å². The van der Waals surface area contributed by atoms with Crippen molar-refractivity contribution in [2.45, 2.75) is 18.9 Å². The second kappa shape index (κ2) is 6.77. The highest BCUT2D eigenvalue weighted by Gasteiger charge is 2.31. The van der Waals surface area contributed by atoms with Gasteiger partial charge in [0.2, 0.25) is 0 Å². The second-order valence-electron chi connectivity index (χ2n) is 7.31. The number of carboxylic acid groups (broad SMARTS) is 1. The van der Waals surface area contributed by atoms with Crippen LogP contribution in [0.3, 0.4) is 0 Å². The standard InChI is InChI=1S/C22H19N3O4/c26-21(27)20-17-9-10-25(11-19(17)23-24-20)22(28)29-12-18-15-7-3-1-5-13(15)14-6-2-4-8-16(14)18/h1-8,18H,9-12H2,(H,23,24)(H,26,27). The lowest BCUT2D eigenvalue weighted by Crippen LogP contribution is -2.37. The van der Waals surface area contributed by atoms with Crippen molar-refractivity contribution in [2.75, 3.05) is 13.2 Å². The molecule has 2 heterocycles. The first-order valence-corrected chi connectivity index (χ1v) is 9.53. The van der Waals surface area contributed by atoms with Gasteiger partial charge in [0.25, 0.3) is 0 Å². The fourth-order valence-corrected chi connectivity index (χ4v) is 4.34. The van der Waals surface area contributed by atoms with E-state index in [2.05, 4.69) is 34.5 Å². The summed E-state index contributed by atoms with van der Waals surface area (Å²) in [6.07, 6.45) is 0.0430. The molecule has 1 aliphatic carbocycles. The fraction of sp³-hybridized carbons (Fsp3) is 0.227.